The quantitative estimate of drug-likeness (QED) is 0.0313. The lowest BCUT2D eigenvalue weighted by atomic mass is 10.3. The zero-order chi connectivity index (χ0) is 28.9. The van der Waals surface area contributed by atoms with Crippen LogP contribution in [-0.2, 0) is 18.9 Å². The van der Waals surface area contributed by atoms with Gasteiger partial charge in [-0.05, 0) is 35.5 Å². The van der Waals surface area contributed by atoms with Crippen molar-refractivity contribution in [2.75, 3.05) is 37.9 Å². The Hall–Kier alpha value is 1.32. The first-order chi connectivity index (χ1) is 19.1. The molecule has 0 amide bonds. The summed E-state index contributed by atoms with van der Waals surface area (Å²) < 4.78 is 26.5. The van der Waals surface area contributed by atoms with Crippen LogP contribution in [0.15, 0.2) is 0 Å². The SMILES string of the molecule is CCCCCOC(CSSSCC(OCCCCC)(OCCCCC)[SiH2]CCC)(OCCCCC)[SiH2]CCC. The minimum Gasteiger partial charge on any atom is -0.354 e. The average molecular weight is 643 g/mol. The Morgan fingerprint density at radius 3 is 1.00 bits per heavy atom. The van der Waals surface area contributed by atoms with Crippen LogP contribution in [-0.4, -0.2) is 67.8 Å². The topological polar surface area (TPSA) is 36.9 Å². The van der Waals surface area contributed by atoms with Crippen molar-refractivity contribution >= 4 is 50.5 Å². The summed E-state index contributed by atoms with van der Waals surface area (Å²) in [6.45, 7) is 17.0. The molecule has 0 aromatic rings. The van der Waals surface area contributed by atoms with Crippen LogP contribution >= 0.6 is 31.4 Å². The fraction of sp³-hybridized carbons (Fsp3) is 1.00. The fourth-order valence-electron chi connectivity index (χ4n) is 4.28. The predicted octanol–water partition coefficient (Wildman–Crippen LogP) is 9.15. The van der Waals surface area contributed by atoms with Crippen LogP contribution in [0, 0.1) is 0 Å². The highest BCUT2D eigenvalue weighted by Crippen LogP contribution is 2.40. The molecule has 0 aliphatic rings. The summed E-state index contributed by atoms with van der Waals surface area (Å²) in [5, 5.41) is 0. The number of hydrogen-bond acceptors (Lipinski definition) is 7. The van der Waals surface area contributed by atoms with Crippen molar-refractivity contribution in [1.29, 1.82) is 0 Å². The summed E-state index contributed by atoms with van der Waals surface area (Å²) in [6, 6.07) is 2.56. The van der Waals surface area contributed by atoms with Gasteiger partial charge < -0.3 is 18.9 Å². The largest absolute Gasteiger partial charge is 0.354 e. The zero-order valence-corrected chi connectivity index (χ0v) is 32.1. The van der Waals surface area contributed by atoms with Crippen LogP contribution in [0.2, 0.25) is 12.1 Å². The Bertz CT molecular complexity index is 441. The molecular formula is C30H66O4S3Si2. The van der Waals surface area contributed by atoms with Crippen LogP contribution in [0.1, 0.15) is 131 Å². The maximum Gasteiger partial charge on any atom is 0.154 e. The van der Waals surface area contributed by atoms with Crippen LogP contribution in [0.25, 0.3) is 0 Å². The van der Waals surface area contributed by atoms with E-state index < -0.39 is 19.0 Å². The Kier molecular flexibility index (Phi) is 30.4. The highest BCUT2D eigenvalue weighted by molar-refractivity contribution is 9.09. The molecule has 4 nitrogen and oxygen atoms in total. The Morgan fingerprint density at radius 1 is 0.436 bits per heavy atom. The number of unbranched alkanes of at least 4 members (excludes halogenated alkanes) is 8. The number of hydrogen-bond donors (Lipinski definition) is 0. The van der Waals surface area contributed by atoms with Gasteiger partial charge in [0.2, 0.25) is 0 Å². The van der Waals surface area contributed by atoms with Crippen LogP contribution in [0.3, 0.4) is 0 Å². The molecule has 0 bridgehead atoms. The molecule has 0 unspecified atom stereocenters. The Labute approximate surface area is 260 Å². The summed E-state index contributed by atoms with van der Waals surface area (Å²) in [4.78, 5) is 0. The second kappa shape index (κ2) is 29.4. The van der Waals surface area contributed by atoms with E-state index in [0.29, 0.717) is 0 Å². The van der Waals surface area contributed by atoms with Crippen LogP contribution < -0.4 is 0 Å². The molecule has 0 N–H and O–H groups in total. The summed E-state index contributed by atoms with van der Waals surface area (Å²) in [6.07, 6.45) is 16.9. The third-order valence-electron chi connectivity index (χ3n) is 6.93. The summed E-state index contributed by atoms with van der Waals surface area (Å²) >= 11 is 0. The van der Waals surface area contributed by atoms with Gasteiger partial charge in [-0.15, -0.1) is 0 Å². The van der Waals surface area contributed by atoms with E-state index in [1.807, 2.05) is 31.4 Å². The molecule has 236 valence electrons. The highest BCUT2D eigenvalue weighted by atomic mass is 33.5. The van der Waals surface area contributed by atoms with E-state index in [4.69, 9.17) is 18.9 Å². The van der Waals surface area contributed by atoms with Crippen LogP contribution in [0.5, 0.6) is 0 Å². The lowest BCUT2D eigenvalue weighted by Crippen LogP contribution is -2.45. The molecule has 0 atom stereocenters. The molecule has 0 saturated heterocycles. The maximum atomic E-state index is 6.62. The minimum atomic E-state index is -0.486. The molecule has 0 fully saturated rings. The van der Waals surface area contributed by atoms with E-state index in [1.165, 1.54) is 76.3 Å². The van der Waals surface area contributed by atoms with Gasteiger partial charge in [0.1, 0.15) is 0 Å². The van der Waals surface area contributed by atoms with Gasteiger partial charge in [-0.25, -0.2) is 0 Å². The lowest BCUT2D eigenvalue weighted by molar-refractivity contribution is -0.167. The smallest absolute Gasteiger partial charge is 0.154 e. The van der Waals surface area contributed by atoms with Crippen molar-refractivity contribution in [3.63, 3.8) is 0 Å². The first-order valence-electron chi connectivity index (χ1n) is 16.5. The van der Waals surface area contributed by atoms with Gasteiger partial charge in [0.05, 0.1) is 30.5 Å². The summed E-state index contributed by atoms with van der Waals surface area (Å²) in [5.74, 6) is 1.87. The van der Waals surface area contributed by atoms with E-state index in [2.05, 4.69) is 41.5 Å². The molecule has 0 radical (unpaired) electrons. The average Bonchev–Trinajstić information content (AvgIpc) is 2.95. The molecule has 0 aromatic carbocycles. The normalized spacial score (nSPS) is 13.1. The van der Waals surface area contributed by atoms with Gasteiger partial charge in [-0.2, -0.15) is 0 Å². The van der Waals surface area contributed by atoms with Crippen molar-refractivity contribution in [1.82, 2.24) is 0 Å². The first-order valence-corrected chi connectivity index (χ1v) is 23.8. The molecule has 0 aliphatic heterocycles. The van der Waals surface area contributed by atoms with E-state index in [1.54, 1.807) is 0 Å². The van der Waals surface area contributed by atoms with Crippen molar-refractivity contribution < 1.29 is 18.9 Å². The number of ether oxygens (including phenoxy) is 4. The standard InChI is InChI=1S/C30H66O4S3Si2/c1-7-13-17-21-31-29(38-25-11-5,32-22-18-14-8-2)27-35-37-36-28-30(39-26-12-6,33-23-19-15-9-3)34-24-20-16-10-4/h7-28,38-39H2,1-6H3. The van der Waals surface area contributed by atoms with Crippen LogP contribution in [0.4, 0.5) is 0 Å². The minimum absolute atomic E-state index is 0.322. The number of rotatable bonds is 32. The third kappa shape index (κ3) is 22.5. The van der Waals surface area contributed by atoms with Crippen molar-refractivity contribution in [3.8, 4) is 0 Å². The first kappa shape index (κ1) is 40.3. The second-order valence-corrected chi connectivity index (χ2v) is 19.6. The van der Waals surface area contributed by atoms with Crippen molar-refractivity contribution in [2.24, 2.45) is 0 Å². The molecule has 0 spiro atoms. The van der Waals surface area contributed by atoms with Gasteiger partial charge in [0, 0.05) is 26.4 Å². The van der Waals surface area contributed by atoms with E-state index in [-0.39, 0.29) is 10.8 Å². The maximum absolute atomic E-state index is 6.62. The van der Waals surface area contributed by atoms with E-state index in [9.17, 15) is 0 Å². The third-order valence-corrected chi connectivity index (χ3v) is 16.9. The van der Waals surface area contributed by atoms with Crippen molar-refractivity contribution in [3.05, 3.63) is 0 Å². The van der Waals surface area contributed by atoms with Crippen molar-refractivity contribution in [2.45, 2.75) is 154 Å². The molecule has 0 aliphatic carbocycles. The molecule has 0 saturated carbocycles. The molecule has 9 heteroatoms. The highest BCUT2D eigenvalue weighted by Gasteiger charge is 2.34. The Morgan fingerprint density at radius 2 is 0.744 bits per heavy atom. The summed E-state index contributed by atoms with van der Waals surface area (Å²) in [7, 11) is 4.80. The van der Waals surface area contributed by atoms with Gasteiger partial charge in [-0.3, -0.25) is 0 Å². The second-order valence-electron chi connectivity index (χ2n) is 10.8. The summed E-state index contributed by atoms with van der Waals surface area (Å²) in [5.41, 5.74) is -0.645. The molecule has 0 heterocycles. The monoisotopic (exact) mass is 642 g/mol. The zero-order valence-electron chi connectivity index (χ0n) is 26.8. The van der Waals surface area contributed by atoms with Gasteiger partial charge in [0.25, 0.3) is 0 Å². The van der Waals surface area contributed by atoms with E-state index in [0.717, 1.165) is 63.6 Å². The molecule has 39 heavy (non-hydrogen) atoms. The molecule has 0 aromatic heterocycles. The predicted molar refractivity (Wildman–Crippen MR) is 187 cm³/mol. The molecular weight excluding hydrogens is 577 g/mol. The van der Waals surface area contributed by atoms with Gasteiger partial charge in [0.15, 0.2) is 10.8 Å². The Balaban J connectivity index is 5.17. The lowest BCUT2D eigenvalue weighted by Gasteiger charge is -2.35. The van der Waals surface area contributed by atoms with E-state index >= 15 is 0 Å². The molecule has 0 rings (SSSR count). The van der Waals surface area contributed by atoms with Gasteiger partial charge in [-0.1, -0.05) is 139 Å². The van der Waals surface area contributed by atoms with Gasteiger partial charge >= 0.3 is 0 Å². The fourth-order valence-corrected chi connectivity index (χ4v) is 13.8.